The highest BCUT2D eigenvalue weighted by molar-refractivity contribution is 9.10. The number of benzene rings is 1. The molecule has 0 amide bonds. The minimum Gasteiger partial charge on any atom is -0.386 e. The van der Waals surface area contributed by atoms with Crippen LogP contribution < -0.4 is 0 Å². The molecule has 0 spiro atoms. The molecule has 0 aliphatic heterocycles. The lowest BCUT2D eigenvalue weighted by Crippen LogP contribution is -2.27. The number of aliphatic hydroxyl groups excluding tert-OH is 1. The maximum atomic E-state index is 10.3. The lowest BCUT2D eigenvalue weighted by atomic mass is 10.2. The Morgan fingerprint density at radius 2 is 2.00 bits per heavy atom. The summed E-state index contributed by atoms with van der Waals surface area (Å²) in [4.78, 5) is 3.29. The van der Waals surface area contributed by atoms with E-state index in [0.29, 0.717) is 6.54 Å². The van der Waals surface area contributed by atoms with Gasteiger partial charge in [-0.2, -0.15) is 0 Å². The monoisotopic (exact) mass is 327 g/mol. The van der Waals surface area contributed by atoms with Gasteiger partial charge in [-0.1, -0.05) is 29.8 Å². The van der Waals surface area contributed by atoms with Crippen molar-refractivity contribution in [1.29, 1.82) is 0 Å². The topological polar surface area (TPSA) is 23.5 Å². The third kappa shape index (κ3) is 3.12. The summed E-state index contributed by atoms with van der Waals surface area (Å²) in [5.74, 6) is 0. The highest BCUT2D eigenvalue weighted by Gasteiger charge is 2.14. The van der Waals surface area contributed by atoms with Gasteiger partial charge in [0.1, 0.15) is 6.10 Å². The number of nitrogens with zero attached hydrogens (tertiary/aromatic N) is 1. The average Bonchev–Trinajstić information content (AvgIpc) is 2.78. The van der Waals surface area contributed by atoms with Gasteiger partial charge < -0.3 is 10.0 Å². The molecule has 0 radical (unpaired) electrons. The molecule has 1 atom stereocenters. The number of halogens is 1. The van der Waals surface area contributed by atoms with Gasteiger partial charge in [0.05, 0.1) is 0 Å². The average molecular weight is 328 g/mol. The van der Waals surface area contributed by atoms with Crippen LogP contribution in [0.2, 0.25) is 0 Å². The van der Waals surface area contributed by atoms with Gasteiger partial charge in [-0.25, -0.2) is 0 Å². The van der Waals surface area contributed by atoms with Crippen LogP contribution in [-0.4, -0.2) is 29.6 Å². The first-order chi connectivity index (χ1) is 8.63. The smallest absolute Gasteiger partial charge is 0.101 e. The van der Waals surface area contributed by atoms with E-state index in [1.165, 1.54) is 10.1 Å². The van der Waals surface area contributed by atoms with Crippen LogP contribution in [0.1, 0.15) is 24.8 Å². The van der Waals surface area contributed by atoms with Gasteiger partial charge in [0.25, 0.3) is 0 Å². The fourth-order valence-corrected chi connectivity index (χ4v) is 3.42. The minimum absolute atomic E-state index is 0.388. The van der Waals surface area contributed by atoms with Crippen molar-refractivity contribution in [3.8, 4) is 0 Å². The molecule has 0 saturated heterocycles. The van der Waals surface area contributed by atoms with E-state index >= 15 is 0 Å². The number of hydrogen-bond acceptors (Lipinski definition) is 3. The Morgan fingerprint density at radius 3 is 2.67 bits per heavy atom. The number of likely N-dealkylation sites (N-methyl/N-ethyl adjacent to an activating group) is 1. The Bertz CT molecular complexity index is 521. The largest absolute Gasteiger partial charge is 0.386 e. The predicted octanol–water partition coefficient (Wildman–Crippen LogP) is 4.04. The van der Waals surface area contributed by atoms with Crippen molar-refractivity contribution in [2.45, 2.75) is 20.0 Å². The van der Waals surface area contributed by atoms with E-state index < -0.39 is 0 Å². The molecule has 18 heavy (non-hydrogen) atoms. The van der Waals surface area contributed by atoms with E-state index in [2.05, 4.69) is 52.9 Å². The number of thiophene rings is 1. The van der Waals surface area contributed by atoms with Crippen molar-refractivity contribution < 1.29 is 5.11 Å². The maximum absolute atomic E-state index is 10.3. The first-order valence-electron chi connectivity index (χ1n) is 6.23. The minimum atomic E-state index is -0.388. The van der Waals surface area contributed by atoms with E-state index in [1.807, 2.05) is 6.07 Å². The van der Waals surface area contributed by atoms with Crippen LogP contribution in [0.5, 0.6) is 0 Å². The summed E-state index contributed by atoms with van der Waals surface area (Å²) in [5, 5.41) is 11.5. The number of hydrogen-bond donors (Lipinski definition) is 1. The first-order valence-corrected chi connectivity index (χ1v) is 7.84. The van der Waals surface area contributed by atoms with Gasteiger partial charge in [0, 0.05) is 20.6 Å². The van der Waals surface area contributed by atoms with Crippen LogP contribution >= 0.6 is 27.3 Å². The summed E-state index contributed by atoms with van der Waals surface area (Å²) in [6.45, 7) is 6.91. The van der Waals surface area contributed by atoms with Gasteiger partial charge in [0.2, 0.25) is 0 Å². The van der Waals surface area contributed by atoms with Gasteiger partial charge in [-0.05, 0) is 42.7 Å². The lowest BCUT2D eigenvalue weighted by molar-refractivity contribution is 0.122. The zero-order valence-electron chi connectivity index (χ0n) is 10.7. The highest BCUT2D eigenvalue weighted by atomic mass is 79.9. The summed E-state index contributed by atoms with van der Waals surface area (Å²) < 4.78 is 2.31. The van der Waals surface area contributed by atoms with E-state index in [4.69, 9.17) is 0 Å². The van der Waals surface area contributed by atoms with Gasteiger partial charge in [0.15, 0.2) is 0 Å². The Kier molecular flexibility index (Phi) is 4.78. The van der Waals surface area contributed by atoms with Crippen LogP contribution in [-0.2, 0) is 0 Å². The first kappa shape index (κ1) is 14.0. The molecule has 4 heteroatoms. The number of aliphatic hydroxyl groups is 1. The maximum Gasteiger partial charge on any atom is 0.101 e. The van der Waals surface area contributed by atoms with Crippen LogP contribution in [0.15, 0.2) is 28.7 Å². The van der Waals surface area contributed by atoms with E-state index in [9.17, 15) is 5.11 Å². The summed E-state index contributed by atoms with van der Waals surface area (Å²) in [5.41, 5.74) is 0. The van der Waals surface area contributed by atoms with Crippen LogP contribution in [0.4, 0.5) is 0 Å². The molecule has 0 aliphatic carbocycles. The van der Waals surface area contributed by atoms with Crippen molar-refractivity contribution in [3.05, 3.63) is 33.6 Å². The zero-order valence-corrected chi connectivity index (χ0v) is 13.1. The van der Waals surface area contributed by atoms with Crippen LogP contribution in [0, 0.1) is 0 Å². The van der Waals surface area contributed by atoms with Gasteiger partial charge in [-0.3, -0.25) is 0 Å². The van der Waals surface area contributed by atoms with Gasteiger partial charge >= 0.3 is 0 Å². The quantitative estimate of drug-likeness (QED) is 0.895. The normalized spacial score (nSPS) is 13.4. The molecule has 0 aliphatic rings. The van der Waals surface area contributed by atoms with Gasteiger partial charge in [-0.15, -0.1) is 11.3 Å². The third-order valence-corrected chi connectivity index (χ3v) is 4.86. The molecule has 2 rings (SSSR count). The molecule has 0 unspecified atom stereocenters. The predicted molar refractivity (Wildman–Crippen MR) is 82.3 cm³/mol. The van der Waals surface area contributed by atoms with Crippen LogP contribution in [0.25, 0.3) is 10.1 Å². The summed E-state index contributed by atoms with van der Waals surface area (Å²) in [7, 11) is 0. The van der Waals surface area contributed by atoms with Crippen molar-refractivity contribution >= 4 is 37.4 Å². The standard InChI is InChI=1S/C14H18BrNOS/c1-3-16(4-2)9-12(17)14-8-10-7-11(15)5-6-13(10)18-14/h5-8,12,17H,3-4,9H2,1-2H3/t12-/m1/s1. The fourth-order valence-electron chi connectivity index (χ4n) is 2.02. The molecule has 0 fully saturated rings. The summed E-state index contributed by atoms with van der Waals surface area (Å²) >= 11 is 5.15. The van der Waals surface area contributed by atoms with E-state index in [1.54, 1.807) is 11.3 Å². The SMILES string of the molecule is CCN(CC)C[C@@H](O)c1cc2cc(Br)ccc2s1. The summed E-state index contributed by atoms with van der Waals surface area (Å²) in [6, 6.07) is 8.33. The molecule has 0 bridgehead atoms. The number of fused-ring (bicyclic) bond motifs is 1. The third-order valence-electron chi connectivity index (χ3n) is 3.15. The van der Waals surface area contributed by atoms with E-state index in [-0.39, 0.29) is 6.10 Å². The van der Waals surface area contributed by atoms with Crippen molar-refractivity contribution in [1.82, 2.24) is 4.90 Å². The molecular weight excluding hydrogens is 310 g/mol. The molecular formula is C14H18BrNOS. The Balaban J connectivity index is 2.20. The zero-order chi connectivity index (χ0) is 13.1. The molecule has 98 valence electrons. The second-order valence-corrected chi connectivity index (χ2v) is 6.36. The molecule has 1 heterocycles. The molecule has 2 nitrogen and oxygen atoms in total. The van der Waals surface area contributed by atoms with Crippen molar-refractivity contribution in [3.63, 3.8) is 0 Å². The molecule has 0 saturated carbocycles. The highest BCUT2D eigenvalue weighted by Crippen LogP contribution is 2.32. The Hall–Kier alpha value is -0.420. The molecule has 1 aromatic carbocycles. The molecule has 2 aromatic rings. The second kappa shape index (κ2) is 6.15. The summed E-state index contributed by atoms with van der Waals surface area (Å²) in [6.07, 6.45) is -0.388. The fraction of sp³-hybridized carbons (Fsp3) is 0.429. The number of rotatable bonds is 5. The Morgan fingerprint density at radius 1 is 1.28 bits per heavy atom. The van der Waals surface area contributed by atoms with Crippen molar-refractivity contribution in [2.75, 3.05) is 19.6 Å². The lowest BCUT2D eigenvalue weighted by Gasteiger charge is -2.20. The molecule has 1 N–H and O–H groups in total. The van der Waals surface area contributed by atoms with E-state index in [0.717, 1.165) is 22.4 Å². The second-order valence-electron chi connectivity index (χ2n) is 4.33. The molecule has 1 aromatic heterocycles. The van der Waals surface area contributed by atoms with Crippen LogP contribution in [0.3, 0.4) is 0 Å². The van der Waals surface area contributed by atoms with Crippen molar-refractivity contribution in [2.24, 2.45) is 0 Å². The Labute approximate surface area is 120 Å².